The van der Waals surface area contributed by atoms with E-state index >= 15 is 0 Å². The van der Waals surface area contributed by atoms with Crippen LogP contribution in [0.3, 0.4) is 0 Å². The van der Waals surface area contributed by atoms with Crippen LogP contribution in [-0.4, -0.2) is 10.9 Å². The molecule has 0 unspecified atom stereocenters. The number of para-hydroxylation sites is 1. The Kier molecular flexibility index (Phi) is 3.84. The fourth-order valence-electron chi connectivity index (χ4n) is 1.49. The number of halogens is 1. The zero-order valence-corrected chi connectivity index (χ0v) is 11.3. The lowest BCUT2D eigenvalue weighted by atomic mass is 10.1. The molecule has 0 aliphatic carbocycles. The molecule has 3 N–H and O–H groups in total. The van der Waals surface area contributed by atoms with Crippen LogP contribution < -0.4 is 11.1 Å². The molecule has 0 saturated heterocycles. The monoisotopic (exact) mass is 281 g/mol. The summed E-state index contributed by atoms with van der Waals surface area (Å²) in [6, 6.07) is 5.00. The van der Waals surface area contributed by atoms with Gasteiger partial charge >= 0.3 is 0 Å². The number of nitrogen functional groups attached to an aromatic ring is 1. The van der Waals surface area contributed by atoms with E-state index in [1.807, 2.05) is 6.92 Å². The summed E-state index contributed by atoms with van der Waals surface area (Å²) in [4.78, 5) is 17.1. The maximum atomic E-state index is 12.0. The third-order valence-corrected chi connectivity index (χ3v) is 3.82. The van der Waals surface area contributed by atoms with E-state index in [0.29, 0.717) is 22.8 Å². The second kappa shape index (κ2) is 5.37. The van der Waals surface area contributed by atoms with Crippen molar-refractivity contribution in [1.82, 2.24) is 10.3 Å². The van der Waals surface area contributed by atoms with Crippen LogP contribution in [0.5, 0.6) is 0 Å². The summed E-state index contributed by atoms with van der Waals surface area (Å²) >= 11 is 7.38. The molecule has 0 saturated carbocycles. The first-order chi connectivity index (χ1) is 8.59. The van der Waals surface area contributed by atoms with Crippen LogP contribution in [0, 0.1) is 6.92 Å². The fourth-order valence-corrected chi connectivity index (χ4v) is 2.38. The Morgan fingerprint density at radius 3 is 3.00 bits per heavy atom. The molecule has 1 heterocycles. The molecular formula is C12H12ClN3OS. The number of thiazole rings is 1. The van der Waals surface area contributed by atoms with Gasteiger partial charge in [0, 0.05) is 4.88 Å². The molecule has 2 aromatic rings. The Bertz CT molecular complexity index is 582. The van der Waals surface area contributed by atoms with Crippen LogP contribution in [0.2, 0.25) is 5.02 Å². The van der Waals surface area contributed by atoms with Crippen molar-refractivity contribution in [2.75, 3.05) is 5.73 Å². The molecular weight excluding hydrogens is 270 g/mol. The maximum Gasteiger partial charge on any atom is 0.253 e. The quantitative estimate of drug-likeness (QED) is 0.850. The van der Waals surface area contributed by atoms with Crippen molar-refractivity contribution in [3.63, 3.8) is 0 Å². The summed E-state index contributed by atoms with van der Waals surface area (Å²) in [7, 11) is 0. The Balaban J connectivity index is 2.09. The molecule has 1 amide bonds. The van der Waals surface area contributed by atoms with Gasteiger partial charge in [0.2, 0.25) is 0 Å². The minimum atomic E-state index is -0.234. The molecule has 0 atom stereocenters. The Labute approximate surface area is 114 Å². The Morgan fingerprint density at radius 1 is 1.56 bits per heavy atom. The molecule has 0 aliphatic heterocycles. The SMILES string of the molecule is Cc1ncsc1CNC(=O)c1cccc(Cl)c1N. The minimum absolute atomic E-state index is 0.234. The van der Waals surface area contributed by atoms with Gasteiger partial charge in [-0.2, -0.15) is 0 Å². The smallest absolute Gasteiger partial charge is 0.253 e. The van der Waals surface area contributed by atoms with Crippen molar-refractivity contribution in [2.45, 2.75) is 13.5 Å². The highest BCUT2D eigenvalue weighted by molar-refractivity contribution is 7.09. The van der Waals surface area contributed by atoms with Crippen molar-refractivity contribution in [2.24, 2.45) is 0 Å². The second-order valence-corrected chi connectivity index (χ2v) is 5.09. The molecule has 1 aromatic carbocycles. The van der Waals surface area contributed by atoms with E-state index in [9.17, 15) is 4.79 Å². The molecule has 94 valence electrons. The number of aromatic nitrogens is 1. The van der Waals surface area contributed by atoms with Crippen LogP contribution in [0.25, 0.3) is 0 Å². The average molecular weight is 282 g/mol. The summed E-state index contributed by atoms with van der Waals surface area (Å²) < 4.78 is 0. The van der Waals surface area contributed by atoms with Crippen molar-refractivity contribution in [3.8, 4) is 0 Å². The van der Waals surface area contributed by atoms with Gasteiger partial charge in [-0.1, -0.05) is 17.7 Å². The Hall–Kier alpha value is -1.59. The highest BCUT2D eigenvalue weighted by Crippen LogP contribution is 2.22. The van der Waals surface area contributed by atoms with Gasteiger partial charge in [-0.25, -0.2) is 4.98 Å². The molecule has 6 heteroatoms. The number of aryl methyl sites for hydroxylation is 1. The molecule has 1 aromatic heterocycles. The highest BCUT2D eigenvalue weighted by atomic mass is 35.5. The number of hydrogen-bond donors (Lipinski definition) is 2. The standard InChI is InChI=1S/C12H12ClN3OS/c1-7-10(18-6-16-7)5-15-12(17)8-3-2-4-9(13)11(8)14/h2-4,6H,5,14H2,1H3,(H,15,17). The van der Waals surface area contributed by atoms with Crippen LogP contribution in [0.1, 0.15) is 20.9 Å². The molecule has 0 radical (unpaired) electrons. The number of rotatable bonds is 3. The first-order valence-electron chi connectivity index (χ1n) is 5.30. The van der Waals surface area contributed by atoms with Gasteiger partial charge in [-0.05, 0) is 19.1 Å². The van der Waals surface area contributed by atoms with Crippen LogP contribution in [0.4, 0.5) is 5.69 Å². The van der Waals surface area contributed by atoms with Crippen LogP contribution >= 0.6 is 22.9 Å². The lowest BCUT2D eigenvalue weighted by molar-refractivity contribution is 0.0952. The summed E-state index contributed by atoms with van der Waals surface area (Å²) in [6.07, 6.45) is 0. The van der Waals surface area contributed by atoms with E-state index in [0.717, 1.165) is 10.6 Å². The van der Waals surface area contributed by atoms with E-state index in [2.05, 4.69) is 10.3 Å². The largest absolute Gasteiger partial charge is 0.397 e. The van der Waals surface area contributed by atoms with Gasteiger partial charge in [-0.15, -0.1) is 11.3 Å². The summed E-state index contributed by atoms with van der Waals surface area (Å²) in [5.74, 6) is -0.234. The van der Waals surface area contributed by atoms with Gasteiger partial charge in [0.25, 0.3) is 5.91 Å². The third kappa shape index (κ3) is 2.63. The molecule has 0 bridgehead atoms. The number of anilines is 1. The van der Waals surface area contributed by atoms with Gasteiger partial charge in [0.1, 0.15) is 0 Å². The lowest BCUT2D eigenvalue weighted by Gasteiger charge is -2.07. The summed E-state index contributed by atoms with van der Waals surface area (Å²) in [5, 5.41) is 3.19. The lowest BCUT2D eigenvalue weighted by Crippen LogP contribution is -2.23. The zero-order valence-electron chi connectivity index (χ0n) is 9.74. The fraction of sp³-hybridized carbons (Fsp3) is 0.167. The predicted octanol–water partition coefficient (Wildman–Crippen LogP) is 2.62. The van der Waals surface area contributed by atoms with E-state index in [-0.39, 0.29) is 5.91 Å². The zero-order chi connectivity index (χ0) is 13.1. The van der Waals surface area contributed by atoms with E-state index < -0.39 is 0 Å². The first-order valence-corrected chi connectivity index (χ1v) is 6.56. The predicted molar refractivity (Wildman–Crippen MR) is 73.9 cm³/mol. The number of amides is 1. The molecule has 0 aliphatic rings. The van der Waals surface area contributed by atoms with Crippen molar-refractivity contribution in [1.29, 1.82) is 0 Å². The normalized spacial score (nSPS) is 10.3. The van der Waals surface area contributed by atoms with Gasteiger partial charge in [0.05, 0.1) is 34.0 Å². The highest BCUT2D eigenvalue weighted by Gasteiger charge is 2.12. The molecule has 2 rings (SSSR count). The number of benzene rings is 1. The molecule has 0 fully saturated rings. The number of nitrogens with zero attached hydrogens (tertiary/aromatic N) is 1. The van der Waals surface area contributed by atoms with Crippen LogP contribution in [0.15, 0.2) is 23.7 Å². The first kappa shape index (κ1) is 12.9. The van der Waals surface area contributed by atoms with E-state index in [4.69, 9.17) is 17.3 Å². The van der Waals surface area contributed by atoms with E-state index in [1.165, 1.54) is 11.3 Å². The van der Waals surface area contributed by atoms with Gasteiger partial charge < -0.3 is 11.1 Å². The van der Waals surface area contributed by atoms with Gasteiger partial charge in [-0.3, -0.25) is 4.79 Å². The maximum absolute atomic E-state index is 12.0. The summed E-state index contributed by atoms with van der Waals surface area (Å²) in [5.41, 5.74) is 9.14. The molecule has 0 spiro atoms. The number of nitrogens with two attached hydrogens (primary N) is 1. The average Bonchev–Trinajstić information content (AvgIpc) is 2.75. The Morgan fingerprint density at radius 2 is 2.33 bits per heavy atom. The molecule has 18 heavy (non-hydrogen) atoms. The van der Waals surface area contributed by atoms with E-state index in [1.54, 1.807) is 23.7 Å². The van der Waals surface area contributed by atoms with Crippen molar-refractivity contribution in [3.05, 3.63) is 44.9 Å². The van der Waals surface area contributed by atoms with Crippen molar-refractivity contribution >= 4 is 34.5 Å². The molecule has 4 nitrogen and oxygen atoms in total. The van der Waals surface area contributed by atoms with Crippen LogP contribution in [-0.2, 0) is 6.54 Å². The topological polar surface area (TPSA) is 68.0 Å². The minimum Gasteiger partial charge on any atom is -0.397 e. The summed E-state index contributed by atoms with van der Waals surface area (Å²) in [6.45, 7) is 2.35. The number of hydrogen-bond acceptors (Lipinski definition) is 4. The van der Waals surface area contributed by atoms with Gasteiger partial charge in [0.15, 0.2) is 0 Å². The number of carbonyl (C=O) groups is 1. The van der Waals surface area contributed by atoms with Crippen molar-refractivity contribution < 1.29 is 4.79 Å². The number of carbonyl (C=O) groups excluding carboxylic acids is 1. The third-order valence-electron chi connectivity index (χ3n) is 2.55. The number of nitrogens with one attached hydrogen (secondary N) is 1. The second-order valence-electron chi connectivity index (χ2n) is 3.74.